The van der Waals surface area contributed by atoms with Crippen LogP contribution in [-0.4, -0.2) is 44.8 Å². The van der Waals surface area contributed by atoms with E-state index in [9.17, 15) is 10.4 Å². The van der Waals surface area contributed by atoms with Crippen molar-refractivity contribution < 1.29 is 24.0 Å². The average molecular weight is 346 g/mol. The van der Waals surface area contributed by atoms with Gasteiger partial charge in [-0.05, 0) is 31.0 Å². The summed E-state index contributed by atoms with van der Waals surface area (Å²) in [6.45, 7) is 3.07. The van der Waals surface area contributed by atoms with Gasteiger partial charge in [0, 0.05) is 0 Å². The van der Waals surface area contributed by atoms with Crippen LogP contribution in [0.5, 0.6) is 0 Å². The van der Waals surface area contributed by atoms with Gasteiger partial charge in [-0.2, -0.15) is 14.5 Å². The highest BCUT2D eigenvalue weighted by Crippen LogP contribution is 2.49. The van der Waals surface area contributed by atoms with E-state index in [4.69, 9.17) is 19.9 Å². The summed E-state index contributed by atoms with van der Waals surface area (Å²) < 4.78 is 21.5. The van der Waals surface area contributed by atoms with Crippen LogP contribution in [-0.2, 0) is 21.3 Å². The third kappa shape index (κ3) is 2.15. The number of ether oxygens (including phenoxy) is 3. The number of nitrogens with two attached hydrogens (primary N) is 1. The van der Waals surface area contributed by atoms with Crippen molar-refractivity contribution in [3.8, 4) is 6.07 Å². The summed E-state index contributed by atoms with van der Waals surface area (Å²) in [5, 5.41) is 19.5. The number of rotatable bonds is 2. The number of nitriles is 1. The van der Waals surface area contributed by atoms with E-state index >= 15 is 0 Å². The van der Waals surface area contributed by atoms with Gasteiger partial charge < -0.3 is 25.1 Å². The SMILES string of the molecule is C[n+]1cnc(N)c2ccc([C@@H]3O[C@](C#N)(CO)[C@H]4OC(C)(C)O[C@@H]34)n21. The van der Waals surface area contributed by atoms with Gasteiger partial charge in [-0.15, -0.1) is 0 Å². The standard InChI is InChI=1S/C16H19N5O4/c1-15(2)23-12-11(24-16(6-17,7-22)13(12)25-15)9-4-5-10-14(18)19-8-20(3)21(9)10/h4-5,8,11-13,18,22H,7H2,1-3H3/p+1/t11-,12-,13-,16+/m0/s1. The highest BCUT2D eigenvalue weighted by molar-refractivity contribution is 5.64. The van der Waals surface area contributed by atoms with Crippen LogP contribution >= 0.6 is 0 Å². The second kappa shape index (κ2) is 5.12. The van der Waals surface area contributed by atoms with E-state index < -0.39 is 36.3 Å². The molecule has 0 bridgehead atoms. The minimum absolute atomic E-state index is 0.386. The fourth-order valence-electron chi connectivity index (χ4n) is 3.68. The maximum atomic E-state index is 9.84. The Morgan fingerprint density at radius 3 is 2.84 bits per heavy atom. The van der Waals surface area contributed by atoms with Crippen LogP contribution in [0, 0.1) is 11.3 Å². The van der Waals surface area contributed by atoms with Crippen LogP contribution in [0.4, 0.5) is 5.82 Å². The van der Waals surface area contributed by atoms with Crippen molar-refractivity contribution in [2.24, 2.45) is 7.05 Å². The van der Waals surface area contributed by atoms with Crippen molar-refractivity contribution in [1.82, 2.24) is 9.50 Å². The molecule has 2 aliphatic rings. The normalized spacial score (nSPS) is 33.5. The second-order valence-electron chi connectivity index (χ2n) is 6.88. The maximum absolute atomic E-state index is 9.84. The number of anilines is 1. The third-order valence-corrected chi connectivity index (χ3v) is 4.77. The Balaban J connectivity index is 1.87. The molecule has 2 fully saturated rings. The van der Waals surface area contributed by atoms with E-state index in [-0.39, 0.29) is 0 Å². The molecule has 2 aliphatic heterocycles. The van der Waals surface area contributed by atoms with Crippen molar-refractivity contribution in [3.05, 3.63) is 24.2 Å². The lowest BCUT2D eigenvalue weighted by atomic mass is 9.96. The fourth-order valence-corrected chi connectivity index (χ4v) is 3.68. The number of nitrogens with zero attached hydrogens (tertiary/aromatic N) is 4. The minimum Gasteiger partial charge on any atom is -0.392 e. The molecule has 0 amide bonds. The van der Waals surface area contributed by atoms with E-state index in [0.717, 1.165) is 11.2 Å². The molecular formula is C16H20N5O4+. The van der Waals surface area contributed by atoms with Crippen LogP contribution in [0.25, 0.3) is 5.52 Å². The monoisotopic (exact) mass is 346 g/mol. The summed E-state index contributed by atoms with van der Waals surface area (Å²) in [6.07, 6.45) is -0.237. The molecule has 25 heavy (non-hydrogen) atoms. The quantitative estimate of drug-likeness (QED) is 0.709. The molecule has 132 valence electrons. The number of aliphatic hydroxyl groups is 1. The lowest BCUT2D eigenvalue weighted by molar-refractivity contribution is -0.744. The van der Waals surface area contributed by atoms with E-state index in [1.54, 1.807) is 24.9 Å². The molecule has 9 nitrogen and oxygen atoms in total. The summed E-state index contributed by atoms with van der Waals surface area (Å²) in [7, 11) is 1.83. The lowest BCUT2D eigenvalue weighted by Crippen LogP contribution is -2.45. The average Bonchev–Trinajstić information content (AvgIpc) is 3.22. The maximum Gasteiger partial charge on any atom is 0.307 e. The summed E-state index contributed by atoms with van der Waals surface area (Å²) in [5.74, 6) is -0.485. The van der Waals surface area contributed by atoms with Gasteiger partial charge in [-0.1, -0.05) is 0 Å². The molecule has 2 saturated heterocycles. The smallest absolute Gasteiger partial charge is 0.307 e. The van der Waals surface area contributed by atoms with Crippen LogP contribution in [0.15, 0.2) is 18.5 Å². The third-order valence-electron chi connectivity index (χ3n) is 4.77. The van der Waals surface area contributed by atoms with E-state index in [0.29, 0.717) is 5.82 Å². The molecule has 4 heterocycles. The zero-order valence-electron chi connectivity index (χ0n) is 14.2. The Hall–Kier alpha value is -2.25. The Labute approximate surface area is 144 Å². The first-order chi connectivity index (χ1) is 11.8. The molecular weight excluding hydrogens is 326 g/mol. The lowest BCUT2D eigenvalue weighted by Gasteiger charge is -2.27. The molecule has 2 aromatic heterocycles. The first-order valence-corrected chi connectivity index (χ1v) is 7.99. The highest BCUT2D eigenvalue weighted by atomic mass is 16.8. The molecule has 0 spiro atoms. The van der Waals surface area contributed by atoms with E-state index in [2.05, 4.69) is 11.1 Å². The Morgan fingerprint density at radius 2 is 2.16 bits per heavy atom. The van der Waals surface area contributed by atoms with E-state index in [1.807, 2.05) is 23.7 Å². The topological polar surface area (TPSA) is 119 Å². The van der Waals surface area contributed by atoms with Gasteiger partial charge in [0.2, 0.25) is 5.60 Å². The van der Waals surface area contributed by atoms with Gasteiger partial charge in [-0.25, -0.2) is 0 Å². The largest absolute Gasteiger partial charge is 0.392 e. The van der Waals surface area contributed by atoms with Gasteiger partial charge in [0.05, 0.1) is 12.3 Å². The summed E-state index contributed by atoms with van der Waals surface area (Å²) in [6, 6.07) is 5.76. The van der Waals surface area contributed by atoms with E-state index in [1.165, 1.54) is 0 Å². The predicted molar refractivity (Wildman–Crippen MR) is 83.9 cm³/mol. The Kier molecular flexibility index (Phi) is 3.33. The fraction of sp³-hybridized carbons (Fsp3) is 0.562. The summed E-state index contributed by atoms with van der Waals surface area (Å²) >= 11 is 0. The van der Waals surface area contributed by atoms with Crippen LogP contribution in [0.3, 0.4) is 0 Å². The molecule has 3 N–H and O–H groups in total. The molecule has 0 unspecified atom stereocenters. The number of aliphatic hydroxyl groups excluding tert-OH is 1. The van der Waals surface area contributed by atoms with Gasteiger partial charge in [0.15, 0.2) is 11.3 Å². The van der Waals surface area contributed by atoms with Gasteiger partial charge in [-0.3, -0.25) is 0 Å². The molecule has 0 radical (unpaired) electrons. The van der Waals surface area contributed by atoms with Gasteiger partial charge >= 0.3 is 6.33 Å². The van der Waals surface area contributed by atoms with Gasteiger partial charge in [0.25, 0.3) is 5.82 Å². The first-order valence-electron chi connectivity index (χ1n) is 7.99. The van der Waals surface area contributed by atoms with Crippen LogP contribution in [0.1, 0.15) is 25.6 Å². The number of hydrogen-bond acceptors (Lipinski definition) is 7. The Bertz CT molecular complexity index is 889. The zero-order valence-corrected chi connectivity index (χ0v) is 14.2. The summed E-state index contributed by atoms with van der Waals surface area (Å²) in [5.41, 5.74) is 5.94. The van der Waals surface area contributed by atoms with Crippen LogP contribution in [0.2, 0.25) is 0 Å². The molecule has 4 atom stereocenters. The molecule has 0 aromatic carbocycles. The number of fused-ring (bicyclic) bond motifs is 2. The predicted octanol–water partition coefficient (Wildman–Crippen LogP) is -0.413. The van der Waals surface area contributed by atoms with Crippen molar-refractivity contribution in [2.45, 2.75) is 43.5 Å². The van der Waals surface area contributed by atoms with Crippen LogP contribution < -0.4 is 10.4 Å². The van der Waals surface area contributed by atoms with Crippen molar-refractivity contribution >= 4 is 11.3 Å². The molecule has 0 aliphatic carbocycles. The van der Waals surface area contributed by atoms with Crippen molar-refractivity contribution in [3.63, 3.8) is 0 Å². The van der Waals surface area contributed by atoms with Crippen molar-refractivity contribution in [1.29, 1.82) is 5.26 Å². The number of aromatic nitrogens is 3. The molecule has 9 heteroatoms. The number of nitrogen functional groups attached to an aromatic ring is 1. The van der Waals surface area contributed by atoms with Crippen molar-refractivity contribution in [2.75, 3.05) is 12.3 Å². The molecule has 2 aromatic rings. The minimum atomic E-state index is -1.48. The zero-order chi connectivity index (χ0) is 18.0. The second-order valence-corrected chi connectivity index (χ2v) is 6.88. The van der Waals surface area contributed by atoms with Gasteiger partial charge in [0.1, 0.15) is 31.4 Å². The first kappa shape index (κ1) is 16.2. The Morgan fingerprint density at radius 1 is 1.40 bits per heavy atom. The number of aryl methyl sites for hydroxylation is 1. The highest BCUT2D eigenvalue weighted by Gasteiger charge is 2.64. The molecule has 0 saturated carbocycles. The molecule has 4 rings (SSSR count). The summed E-state index contributed by atoms with van der Waals surface area (Å²) in [4.78, 5) is 4.13. The number of hydrogen-bond donors (Lipinski definition) is 2.